The van der Waals surface area contributed by atoms with Gasteiger partial charge in [0.05, 0.1) is 11.8 Å². The van der Waals surface area contributed by atoms with Crippen LogP contribution in [0.25, 0.3) is 0 Å². The lowest BCUT2D eigenvalue weighted by Crippen LogP contribution is -2.33. The highest BCUT2D eigenvalue weighted by Gasteiger charge is 2.15. The van der Waals surface area contributed by atoms with Crippen molar-refractivity contribution < 1.29 is 9.90 Å². The van der Waals surface area contributed by atoms with Crippen LogP contribution in [-0.2, 0) is 18.3 Å². The van der Waals surface area contributed by atoms with Crippen LogP contribution in [-0.4, -0.2) is 26.8 Å². The number of benzene rings is 1. The first kappa shape index (κ1) is 18.2. The SMILES string of the molecule is Cc1nn(C)c(C)c1CCC(=O)NC(C)CC(O)c1ccccc1. The molecule has 1 amide bonds. The van der Waals surface area contributed by atoms with E-state index in [-0.39, 0.29) is 11.9 Å². The largest absolute Gasteiger partial charge is 0.388 e. The minimum Gasteiger partial charge on any atom is -0.388 e. The highest BCUT2D eigenvalue weighted by Crippen LogP contribution is 2.18. The number of aliphatic hydroxyl groups excluding tert-OH is 1. The van der Waals surface area contributed by atoms with Crippen LogP contribution in [0.5, 0.6) is 0 Å². The maximum absolute atomic E-state index is 12.2. The van der Waals surface area contributed by atoms with Gasteiger partial charge in [-0.3, -0.25) is 9.48 Å². The average molecular weight is 329 g/mol. The molecule has 1 aromatic heterocycles. The Labute approximate surface area is 143 Å². The lowest BCUT2D eigenvalue weighted by Gasteiger charge is -2.18. The molecule has 0 saturated heterocycles. The normalized spacial score (nSPS) is 13.5. The summed E-state index contributed by atoms with van der Waals surface area (Å²) in [4.78, 5) is 12.2. The molecule has 0 aliphatic rings. The summed E-state index contributed by atoms with van der Waals surface area (Å²) in [6.07, 6.45) is 1.05. The van der Waals surface area contributed by atoms with Gasteiger partial charge in [-0.25, -0.2) is 0 Å². The van der Waals surface area contributed by atoms with Crippen LogP contribution in [0.15, 0.2) is 30.3 Å². The Morgan fingerprint density at radius 3 is 2.54 bits per heavy atom. The van der Waals surface area contributed by atoms with Gasteiger partial charge in [0.2, 0.25) is 5.91 Å². The van der Waals surface area contributed by atoms with Crippen molar-refractivity contribution >= 4 is 5.91 Å². The Morgan fingerprint density at radius 1 is 1.29 bits per heavy atom. The average Bonchev–Trinajstić information content (AvgIpc) is 2.78. The quantitative estimate of drug-likeness (QED) is 0.820. The van der Waals surface area contributed by atoms with E-state index in [0.29, 0.717) is 19.3 Å². The minimum atomic E-state index is -0.565. The monoisotopic (exact) mass is 329 g/mol. The Morgan fingerprint density at radius 2 is 1.96 bits per heavy atom. The van der Waals surface area contributed by atoms with Crippen LogP contribution >= 0.6 is 0 Å². The smallest absolute Gasteiger partial charge is 0.220 e. The maximum Gasteiger partial charge on any atom is 0.220 e. The van der Waals surface area contributed by atoms with E-state index in [0.717, 1.165) is 22.5 Å². The molecular formula is C19H27N3O2. The molecule has 2 atom stereocenters. The number of aryl methyl sites for hydroxylation is 2. The van der Waals surface area contributed by atoms with Crippen LogP contribution in [0.2, 0.25) is 0 Å². The first-order valence-corrected chi connectivity index (χ1v) is 8.40. The Hall–Kier alpha value is -2.14. The topological polar surface area (TPSA) is 67.2 Å². The zero-order valence-corrected chi connectivity index (χ0v) is 14.9. The van der Waals surface area contributed by atoms with Crippen molar-refractivity contribution in [3.8, 4) is 0 Å². The lowest BCUT2D eigenvalue weighted by molar-refractivity contribution is -0.121. The van der Waals surface area contributed by atoms with Gasteiger partial charge in [0, 0.05) is 25.2 Å². The predicted molar refractivity (Wildman–Crippen MR) is 94.6 cm³/mol. The molecular weight excluding hydrogens is 302 g/mol. The van der Waals surface area contributed by atoms with E-state index >= 15 is 0 Å². The number of nitrogens with zero attached hydrogens (tertiary/aromatic N) is 2. The third-order valence-corrected chi connectivity index (χ3v) is 4.43. The van der Waals surface area contributed by atoms with Crippen molar-refractivity contribution in [2.45, 2.75) is 52.2 Å². The molecule has 0 aliphatic heterocycles. The van der Waals surface area contributed by atoms with E-state index in [1.54, 1.807) is 0 Å². The second kappa shape index (κ2) is 8.11. The third-order valence-electron chi connectivity index (χ3n) is 4.43. The minimum absolute atomic E-state index is 0.00501. The summed E-state index contributed by atoms with van der Waals surface area (Å²) in [5.41, 5.74) is 4.10. The fraction of sp³-hybridized carbons (Fsp3) is 0.474. The van der Waals surface area contributed by atoms with Crippen LogP contribution in [0.3, 0.4) is 0 Å². The highest BCUT2D eigenvalue weighted by molar-refractivity contribution is 5.76. The summed E-state index contributed by atoms with van der Waals surface area (Å²) in [5, 5.41) is 17.6. The molecule has 1 aromatic carbocycles. The Kier molecular flexibility index (Phi) is 6.15. The molecule has 0 radical (unpaired) electrons. The molecule has 0 saturated carbocycles. The van der Waals surface area contributed by atoms with E-state index in [1.807, 2.05) is 62.8 Å². The molecule has 2 N–H and O–H groups in total. The highest BCUT2D eigenvalue weighted by atomic mass is 16.3. The van der Waals surface area contributed by atoms with Crippen LogP contribution in [0, 0.1) is 13.8 Å². The van der Waals surface area contributed by atoms with Gasteiger partial charge in [-0.2, -0.15) is 5.10 Å². The summed E-state index contributed by atoms with van der Waals surface area (Å²) in [5.74, 6) is 0.00501. The van der Waals surface area contributed by atoms with Gasteiger partial charge in [-0.05, 0) is 44.7 Å². The first-order valence-electron chi connectivity index (χ1n) is 8.40. The number of hydrogen-bond acceptors (Lipinski definition) is 3. The van der Waals surface area contributed by atoms with Crippen molar-refractivity contribution in [1.82, 2.24) is 15.1 Å². The molecule has 0 fully saturated rings. The number of amides is 1. The van der Waals surface area contributed by atoms with Crippen LogP contribution < -0.4 is 5.32 Å². The molecule has 2 aromatic rings. The molecule has 2 unspecified atom stereocenters. The van der Waals surface area contributed by atoms with Crippen molar-refractivity contribution in [3.63, 3.8) is 0 Å². The molecule has 0 spiro atoms. The lowest BCUT2D eigenvalue weighted by atomic mass is 10.0. The van der Waals surface area contributed by atoms with Crippen LogP contribution in [0.1, 0.15) is 48.4 Å². The van der Waals surface area contributed by atoms with E-state index in [1.165, 1.54) is 0 Å². The van der Waals surface area contributed by atoms with E-state index in [4.69, 9.17) is 0 Å². The first-order chi connectivity index (χ1) is 11.4. The maximum atomic E-state index is 12.2. The zero-order chi connectivity index (χ0) is 17.7. The standard InChI is InChI=1S/C19H27N3O2/c1-13(12-18(23)16-8-6-5-7-9-16)20-19(24)11-10-17-14(2)21-22(4)15(17)3/h5-9,13,18,23H,10-12H2,1-4H3,(H,20,24). The fourth-order valence-corrected chi connectivity index (χ4v) is 2.97. The zero-order valence-electron chi connectivity index (χ0n) is 14.9. The van der Waals surface area contributed by atoms with E-state index in [9.17, 15) is 9.90 Å². The molecule has 1 heterocycles. The molecule has 24 heavy (non-hydrogen) atoms. The number of aliphatic hydroxyl groups is 1. The fourth-order valence-electron chi connectivity index (χ4n) is 2.97. The number of carbonyl (C=O) groups excluding carboxylic acids is 1. The molecule has 5 nitrogen and oxygen atoms in total. The Balaban J connectivity index is 1.81. The van der Waals surface area contributed by atoms with Crippen molar-refractivity contribution in [2.24, 2.45) is 7.05 Å². The molecule has 0 bridgehead atoms. The molecule has 130 valence electrons. The van der Waals surface area contributed by atoms with Gasteiger partial charge >= 0.3 is 0 Å². The number of nitrogens with one attached hydrogen (secondary N) is 1. The second-order valence-corrected chi connectivity index (χ2v) is 6.40. The van der Waals surface area contributed by atoms with Crippen molar-refractivity contribution in [1.29, 1.82) is 0 Å². The van der Waals surface area contributed by atoms with Gasteiger partial charge < -0.3 is 10.4 Å². The Bertz CT molecular complexity index is 679. The van der Waals surface area contributed by atoms with Crippen molar-refractivity contribution in [3.05, 3.63) is 52.8 Å². The van der Waals surface area contributed by atoms with Gasteiger partial charge in [0.1, 0.15) is 0 Å². The van der Waals surface area contributed by atoms with Gasteiger partial charge in [0.15, 0.2) is 0 Å². The van der Waals surface area contributed by atoms with Crippen molar-refractivity contribution in [2.75, 3.05) is 0 Å². The summed E-state index contributed by atoms with van der Waals surface area (Å²) < 4.78 is 1.85. The van der Waals surface area contributed by atoms with E-state index in [2.05, 4.69) is 10.4 Å². The number of hydrogen-bond donors (Lipinski definition) is 2. The number of rotatable bonds is 7. The number of aromatic nitrogens is 2. The van der Waals surface area contributed by atoms with E-state index < -0.39 is 6.10 Å². The number of carbonyl (C=O) groups is 1. The molecule has 0 aliphatic carbocycles. The summed E-state index contributed by atoms with van der Waals surface area (Å²) >= 11 is 0. The van der Waals surface area contributed by atoms with Gasteiger partial charge in [-0.1, -0.05) is 30.3 Å². The summed E-state index contributed by atoms with van der Waals surface area (Å²) in [6.45, 7) is 5.91. The molecule has 2 rings (SSSR count). The third kappa shape index (κ3) is 4.68. The summed E-state index contributed by atoms with van der Waals surface area (Å²) in [7, 11) is 1.92. The van der Waals surface area contributed by atoms with Gasteiger partial charge in [-0.15, -0.1) is 0 Å². The van der Waals surface area contributed by atoms with Crippen LogP contribution in [0.4, 0.5) is 0 Å². The second-order valence-electron chi connectivity index (χ2n) is 6.40. The molecule has 5 heteroatoms. The van der Waals surface area contributed by atoms with Gasteiger partial charge in [0.25, 0.3) is 0 Å². The summed E-state index contributed by atoms with van der Waals surface area (Å²) in [6, 6.07) is 9.44. The predicted octanol–water partition coefficient (Wildman–Crippen LogP) is 2.60.